The van der Waals surface area contributed by atoms with Gasteiger partial charge in [0.05, 0.1) is 5.69 Å². The highest BCUT2D eigenvalue weighted by molar-refractivity contribution is 7.17. The van der Waals surface area contributed by atoms with Gasteiger partial charge < -0.3 is 10.2 Å². The zero-order chi connectivity index (χ0) is 15.8. The lowest BCUT2D eigenvalue weighted by molar-refractivity contribution is 0.0684. The van der Waals surface area contributed by atoms with Gasteiger partial charge in [-0.05, 0) is 32.7 Å². The Morgan fingerprint density at radius 3 is 2.83 bits per heavy atom. The number of nitrogens with one attached hydrogen (secondary N) is 1. The molecule has 0 radical (unpaired) electrons. The third-order valence-corrected chi connectivity index (χ3v) is 6.09. The Hall–Kier alpha value is -1.72. The van der Waals surface area contributed by atoms with E-state index in [1.54, 1.807) is 0 Å². The van der Waals surface area contributed by atoms with Crippen molar-refractivity contribution in [1.82, 2.24) is 15.2 Å². The molecule has 23 heavy (non-hydrogen) atoms. The second-order valence-corrected chi connectivity index (χ2v) is 7.39. The molecule has 120 valence electrons. The molecule has 1 aromatic heterocycles. The first-order valence-electron chi connectivity index (χ1n) is 8.30. The lowest BCUT2D eigenvalue weighted by atomic mass is 10.1. The molecule has 3 heterocycles. The van der Waals surface area contributed by atoms with Gasteiger partial charge in [0, 0.05) is 24.2 Å². The Balaban J connectivity index is 1.65. The maximum Gasteiger partial charge on any atom is 0.266 e. The largest absolute Gasteiger partial charge is 0.331 e. The number of amides is 1. The summed E-state index contributed by atoms with van der Waals surface area (Å²) in [6, 6.07) is 10.8. The molecule has 0 saturated carbocycles. The minimum Gasteiger partial charge on any atom is -0.331 e. The first-order valence-corrected chi connectivity index (χ1v) is 9.12. The van der Waals surface area contributed by atoms with Crippen molar-refractivity contribution >= 4 is 17.2 Å². The van der Waals surface area contributed by atoms with Gasteiger partial charge in [-0.3, -0.25) is 4.79 Å². The van der Waals surface area contributed by atoms with Crippen molar-refractivity contribution in [2.45, 2.75) is 38.3 Å². The van der Waals surface area contributed by atoms with Gasteiger partial charge in [0.15, 0.2) is 0 Å². The summed E-state index contributed by atoms with van der Waals surface area (Å²) in [5, 5.41) is 4.39. The maximum absolute atomic E-state index is 13.1. The summed E-state index contributed by atoms with van der Waals surface area (Å²) >= 11 is 1.53. The topological polar surface area (TPSA) is 45.2 Å². The first-order chi connectivity index (χ1) is 11.2. The number of carbonyl (C=O) groups excluding carboxylic acids is 1. The van der Waals surface area contributed by atoms with Crippen LogP contribution in [-0.4, -0.2) is 41.0 Å². The average molecular weight is 327 g/mol. The molecule has 0 aliphatic carbocycles. The van der Waals surface area contributed by atoms with Crippen LogP contribution in [0.4, 0.5) is 0 Å². The zero-order valence-electron chi connectivity index (χ0n) is 13.3. The van der Waals surface area contributed by atoms with Crippen LogP contribution in [0.1, 0.15) is 34.6 Å². The summed E-state index contributed by atoms with van der Waals surface area (Å²) in [5.74, 6) is 0.179. The van der Waals surface area contributed by atoms with Crippen LogP contribution in [-0.2, 0) is 0 Å². The van der Waals surface area contributed by atoms with Gasteiger partial charge in [-0.15, -0.1) is 11.3 Å². The van der Waals surface area contributed by atoms with Crippen molar-refractivity contribution in [1.29, 1.82) is 0 Å². The van der Waals surface area contributed by atoms with Crippen LogP contribution in [0.15, 0.2) is 30.3 Å². The lowest BCUT2D eigenvalue weighted by Crippen LogP contribution is -2.42. The van der Waals surface area contributed by atoms with E-state index in [0.29, 0.717) is 12.1 Å². The lowest BCUT2D eigenvalue weighted by Gasteiger charge is -2.27. The molecule has 2 bridgehead atoms. The van der Waals surface area contributed by atoms with E-state index in [0.717, 1.165) is 53.5 Å². The van der Waals surface area contributed by atoms with Crippen molar-refractivity contribution in [3.05, 3.63) is 40.9 Å². The number of fused-ring (bicyclic) bond motifs is 2. The molecule has 4 nitrogen and oxygen atoms in total. The fourth-order valence-electron chi connectivity index (χ4n) is 3.73. The van der Waals surface area contributed by atoms with E-state index < -0.39 is 0 Å². The molecule has 5 heteroatoms. The van der Waals surface area contributed by atoms with E-state index in [9.17, 15) is 4.79 Å². The Morgan fingerprint density at radius 2 is 2.00 bits per heavy atom. The van der Waals surface area contributed by atoms with Crippen molar-refractivity contribution < 1.29 is 4.79 Å². The number of nitrogens with zero attached hydrogens (tertiary/aromatic N) is 2. The number of aryl methyl sites for hydroxylation is 1. The van der Waals surface area contributed by atoms with Crippen molar-refractivity contribution in [3.63, 3.8) is 0 Å². The van der Waals surface area contributed by atoms with E-state index in [-0.39, 0.29) is 5.91 Å². The molecule has 2 aliphatic rings. The van der Waals surface area contributed by atoms with E-state index in [1.165, 1.54) is 11.3 Å². The fourth-order valence-corrected chi connectivity index (χ4v) is 4.75. The molecule has 2 aromatic rings. The molecule has 2 saturated heterocycles. The van der Waals surface area contributed by atoms with Crippen LogP contribution in [0.3, 0.4) is 0 Å². The van der Waals surface area contributed by atoms with Crippen LogP contribution in [0.25, 0.3) is 10.6 Å². The van der Waals surface area contributed by atoms with Crippen LogP contribution in [0.2, 0.25) is 0 Å². The molecule has 1 N–H and O–H groups in total. The second kappa shape index (κ2) is 6.06. The molecule has 1 amide bonds. The molecule has 2 aliphatic heterocycles. The van der Waals surface area contributed by atoms with Crippen LogP contribution >= 0.6 is 11.3 Å². The fraction of sp³-hybridized carbons (Fsp3) is 0.444. The minimum absolute atomic E-state index is 0.179. The molecule has 2 atom stereocenters. The smallest absolute Gasteiger partial charge is 0.266 e. The van der Waals surface area contributed by atoms with Crippen LogP contribution in [0, 0.1) is 6.92 Å². The molecule has 2 unspecified atom stereocenters. The standard InChI is InChI=1S/C18H21N3OS/c1-12-16(23-17(20-12)13-5-3-2-4-6-13)18(22)21-14-7-8-15(21)11-19-10-9-14/h2-6,14-15,19H,7-11H2,1H3. The average Bonchev–Trinajstić information content (AvgIpc) is 3.06. The molecule has 4 rings (SSSR count). The van der Waals surface area contributed by atoms with Crippen molar-refractivity contribution in [2.24, 2.45) is 0 Å². The highest BCUT2D eigenvalue weighted by Crippen LogP contribution is 2.34. The summed E-state index contributed by atoms with van der Waals surface area (Å²) in [7, 11) is 0. The Kier molecular flexibility index (Phi) is 3.91. The molecule has 2 fully saturated rings. The zero-order valence-corrected chi connectivity index (χ0v) is 14.1. The summed E-state index contributed by atoms with van der Waals surface area (Å²) in [6.45, 7) is 3.89. The summed E-state index contributed by atoms with van der Waals surface area (Å²) in [4.78, 5) is 20.7. The number of rotatable bonds is 2. The van der Waals surface area contributed by atoms with Gasteiger partial charge in [-0.25, -0.2) is 4.98 Å². The van der Waals surface area contributed by atoms with E-state index in [1.807, 2.05) is 37.3 Å². The van der Waals surface area contributed by atoms with E-state index >= 15 is 0 Å². The summed E-state index contributed by atoms with van der Waals surface area (Å²) in [6.07, 6.45) is 3.32. The predicted molar refractivity (Wildman–Crippen MR) is 92.8 cm³/mol. The second-order valence-electron chi connectivity index (χ2n) is 6.39. The van der Waals surface area contributed by atoms with E-state index in [4.69, 9.17) is 0 Å². The molecular formula is C18H21N3OS. The van der Waals surface area contributed by atoms with Crippen molar-refractivity contribution in [3.8, 4) is 10.6 Å². The monoisotopic (exact) mass is 327 g/mol. The van der Waals surface area contributed by atoms with E-state index in [2.05, 4.69) is 15.2 Å². The third kappa shape index (κ3) is 2.68. The molecule has 0 spiro atoms. The number of thiazole rings is 1. The van der Waals surface area contributed by atoms with Gasteiger partial charge in [-0.1, -0.05) is 30.3 Å². The highest BCUT2D eigenvalue weighted by atomic mass is 32.1. The van der Waals surface area contributed by atoms with Crippen LogP contribution in [0.5, 0.6) is 0 Å². The van der Waals surface area contributed by atoms with Crippen LogP contribution < -0.4 is 5.32 Å². The third-order valence-electron chi connectivity index (χ3n) is 4.90. The Bertz CT molecular complexity index is 698. The Morgan fingerprint density at radius 1 is 1.22 bits per heavy atom. The summed E-state index contributed by atoms with van der Waals surface area (Å²) in [5.41, 5.74) is 1.94. The van der Waals surface area contributed by atoms with Gasteiger partial charge in [0.1, 0.15) is 9.88 Å². The number of carbonyl (C=O) groups is 1. The molecular weight excluding hydrogens is 306 g/mol. The first kappa shape index (κ1) is 14.8. The number of hydrogen-bond donors (Lipinski definition) is 1. The predicted octanol–water partition coefficient (Wildman–Crippen LogP) is 3.09. The van der Waals surface area contributed by atoms with Gasteiger partial charge in [0.2, 0.25) is 0 Å². The highest BCUT2D eigenvalue weighted by Gasteiger charge is 2.39. The number of benzene rings is 1. The number of hydrogen-bond acceptors (Lipinski definition) is 4. The normalized spacial score (nSPS) is 23.8. The van der Waals surface area contributed by atoms with Gasteiger partial charge in [0.25, 0.3) is 5.91 Å². The maximum atomic E-state index is 13.1. The number of aromatic nitrogens is 1. The van der Waals surface area contributed by atoms with Crippen molar-refractivity contribution in [2.75, 3.05) is 13.1 Å². The SMILES string of the molecule is Cc1nc(-c2ccccc2)sc1C(=O)N1C2CCNCC1CC2. The summed E-state index contributed by atoms with van der Waals surface area (Å²) < 4.78 is 0. The quantitative estimate of drug-likeness (QED) is 0.922. The Labute approximate surface area is 140 Å². The minimum atomic E-state index is 0.179. The van der Waals surface area contributed by atoms with Gasteiger partial charge >= 0.3 is 0 Å². The van der Waals surface area contributed by atoms with Gasteiger partial charge in [-0.2, -0.15) is 0 Å². The molecule has 1 aromatic carbocycles.